The lowest BCUT2D eigenvalue weighted by molar-refractivity contribution is -0.134. The van der Waals surface area contributed by atoms with Crippen molar-refractivity contribution in [2.24, 2.45) is 5.92 Å². The maximum atomic E-state index is 9.55. The first-order valence-electron chi connectivity index (χ1n) is 14.4. The number of carboxylic acids is 2. The highest BCUT2D eigenvalue weighted by Crippen LogP contribution is 2.34. The number of benzene rings is 2. The predicted octanol–water partition coefficient (Wildman–Crippen LogP) is 4.16. The first-order chi connectivity index (χ1) is 20.7. The van der Waals surface area contributed by atoms with Crippen LogP contribution in [-0.2, 0) is 32.0 Å². The Morgan fingerprint density at radius 2 is 1.79 bits per heavy atom. The molecule has 0 spiro atoms. The Hall–Kier alpha value is -4.08. The Morgan fingerprint density at radius 1 is 1.09 bits per heavy atom. The molecule has 0 atom stereocenters. The molecule has 11 nitrogen and oxygen atoms in total. The lowest BCUT2D eigenvalue weighted by Crippen LogP contribution is -2.39. The summed E-state index contributed by atoms with van der Waals surface area (Å²) >= 11 is 0. The fourth-order valence-electron chi connectivity index (χ4n) is 5.45. The van der Waals surface area contributed by atoms with Crippen LogP contribution in [0.2, 0.25) is 0 Å². The van der Waals surface area contributed by atoms with Crippen LogP contribution in [-0.4, -0.2) is 90.3 Å². The van der Waals surface area contributed by atoms with Crippen molar-refractivity contribution in [3.63, 3.8) is 0 Å². The van der Waals surface area contributed by atoms with Crippen LogP contribution in [0.1, 0.15) is 36.1 Å². The fourth-order valence-corrected chi connectivity index (χ4v) is 5.45. The van der Waals surface area contributed by atoms with Crippen molar-refractivity contribution >= 4 is 22.9 Å². The van der Waals surface area contributed by atoms with Gasteiger partial charge in [0.05, 0.1) is 30.5 Å². The molecule has 228 valence electrons. The number of likely N-dealkylation sites (tertiary alicyclic amines) is 1. The first kappa shape index (κ1) is 31.8. The summed E-state index contributed by atoms with van der Waals surface area (Å²) in [7, 11) is 4.12. The Balaban J connectivity index is 0.000000467. The fraction of sp³-hybridized carbons (Fsp3) is 0.438. The third-order valence-corrected chi connectivity index (χ3v) is 7.56. The van der Waals surface area contributed by atoms with Gasteiger partial charge in [0.2, 0.25) is 0 Å². The van der Waals surface area contributed by atoms with E-state index in [1.54, 1.807) is 0 Å². The topological polar surface area (TPSA) is 149 Å². The van der Waals surface area contributed by atoms with Gasteiger partial charge in [0.25, 0.3) is 0 Å². The molecule has 0 aliphatic carbocycles. The third-order valence-electron chi connectivity index (χ3n) is 7.56. The van der Waals surface area contributed by atoms with Gasteiger partial charge in [0.15, 0.2) is 11.9 Å². The molecule has 43 heavy (non-hydrogen) atoms. The van der Waals surface area contributed by atoms with Crippen molar-refractivity contribution in [1.29, 1.82) is 5.26 Å². The van der Waals surface area contributed by atoms with Crippen molar-refractivity contribution in [2.45, 2.75) is 38.5 Å². The summed E-state index contributed by atoms with van der Waals surface area (Å²) in [6.07, 6.45) is 5.53. The molecular formula is C32H38N4O7. The number of fused-ring (bicyclic) bond motifs is 1. The van der Waals surface area contributed by atoms with Crippen LogP contribution in [0.25, 0.3) is 22.1 Å². The van der Waals surface area contributed by atoms with Crippen LogP contribution in [0.4, 0.5) is 0 Å². The number of aryl methyl sites for hydroxylation is 1. The van der Waals surface area contributed by atoms with Crippen LogP contribution < -0.4 is 0 Å². The molecule has 0 radical (unpaired) electrons. The van der Waals surface area contributed by atoms with Gasteiger partial charge in [0, 0.05) is 36.2 Å². The Kier molecular flexibility index (Phi) is 11.4. The summed E-state index contributed by atoms with van der Waals surface area (Å²) in [5, 5.41) is 30.6. The van der Waals surface area contributed by atoms with Gasteiger partial charge in [-0.1, -0.05) is 23.4 Å². The molecule has 1 aromatic heterocycles. The maximum Gasteiger partial charge on any atom is 0.328 e. The smallest absolute Gasteiger partial charge is 0.328 e. The molecule has 3 heterocycles. The second-order valence-electron chi connectivity index (χ2n) is 11.0. The number of ether oxygens (including phenoxy) is 2. The number of rotatable bonds is 10. The number of hydrogen-bond donors (Lipinski definition) is 2. The van der Waals surface area contributed by atoms with E-state index in [-0.39, 0.29) is 6.29 Å². The summed E-state index contributed by atoms with van der Waals surface area (Å²) in [6, 6.07) is 14.3. The number of nitriles is 1. The van der Waals surface area contributed by atoms with Gasteiger partial charge < -0.3 is 29.1 Å². The van der Waals surface area contributed by atoms with Crippen molar-refractivity contribution in [3.8, 4) is 17.2 Å². The van der Waals surface area contributed by atoms with E-state index in [0.717, 1.165) is 85.6 Å². The van der Waals surface area contributed by atoms with E-state index >= 15 is 0 Å². The Bertz CT molecular complexity index is 1450. The van der Waals surface area contributed by atoms with Gasteiger partial charge >= 0.3 is 11.9 Å². The van der Waals surface area contributed by atoms with Crippen LogP contribution in [0.3, 0.4) is 0 Å². The average Bonchev–Trinajstić information content (AvgIpc) is 3.66. The van der Waals surface area contributed by atoms with Gasteiger partial charge in [-0.25, -0.2) is 9.59 Å². The van der Waals surface area contributed by atoms with E-state index < -0.39 is 11.9 Å². The molecule has 3 aromatic rings. The van der Waals surface area contributed by atoms with Gasteiger partial charge in [0.1, 0.15) is 0 Å². The summed E-state index contributed by atoms with van der Waals surface area (Å²) in [5.41, 5.74) is 5.80. The second kappa shape index (κ2) is 15.4. The van der Waals surface area contributed by atoms with E-state index in [0.29, 0.717) is 23.6 Å². The lowest BCUT2D eigenvalue weighted by Gasteiger charge is -2.32. The third kappa shape index (κ3) is 9.20. The highest BCUT2D eigenvalue weighted by Gasteiger charge is 2.25. The highest BCUT2D eigenvalue weighted by atomic mass is 16.7. The minimum Gasteiger partial charge on any atom is -0.478 e. The number of nitrogens with zero attached hydrogens (tertiary/aromatic N) is 4. The Morgan fingerprint density at radius 3 is 2.42 bits per heavy atom. The van der Waals surface area contributed by atoms with Gasteiger partial charge in [-0.3, -0.25) is 4.90 Å². The van der Waals surface area contributed by atoms with Crippen LogP contribution in [0, 0.1) is 17.2 Å². The first-order valence-corrected chi connectivity index (χ1v) is 14.4. The Labute approximate surface area is 250 Å². The normalized spacial score (nSPS) is 16.4. The lowest BCUT2D eigenvalue weighted by atomic mass is 9.90. The van der Waals surface area contributed by atoms with E-state index in [4.69, 9.17) is 24.2 Å². The minimum absolute atomic E-state index is 0.0447. The van der Waals surface area contributed by atoms with Crippen molar-refractivity contribution in [1.82, 2.24) is 15.0 Å². The van der Waals surface area contributed by atoms with Gasteiger partial charge in [-0.2, -0.15) is 5.26 Å². The van der Waals surface area contributed by atoms with E-state index in [2.05, 4.69) is 53.3 Å². The minimum atomic E-state index is -1.26. The molecule has 2 aliphatic rings. The number of carbonyl (C=O) groups is 2. The van der Waals surface area contributed by atoms with Gasteiger partial charge in [-0.05, 0) is 88.1 Å². The molecule has 2 N–H and O–H groups in total. The molecule has 0 bridgehead atoms. The molecule has 0 unspecified atom stereocenters. The zero-order valence-electron chi connectivity index (χ0n) is 24.6. The summed E-state index contributed by atoms with van der Waals surface area (Å²) in [6.45, 7) is 5.27. The summed E-state index contributed by atoms with van der Waals surface area (Å²) < 4.78 is 17.2. The monoisotopic (exact) mass is 590 g/mol. The number of aliphatic carboxylic acids is 2. The number of aromatic nitrogens is 1. The summed E-state index contributed by atoms with van der Waals surface area (Å²) in [4.78, 5) is 23.7. The molecular weight excluding hydrogens is 552 g/mol. The molecule has 5 rings (SSSR count). The molecule has 2 saturated heterocycles. The van der Waals surface area contributed by atoms with Crippen molar-refractivity contribution < 1.29 is 33.8 Å². The SMILES string of the molecule is CN(C)Cc1c(-c2cccc(C#N)c2)ccc2c(CCC3CCN(CC4OCCO4)CC3)noc12.O=C(O)/C=C/C(=O)O. The number of hydrogen-bond acceptors (Lipinski definition) is 9. The zero-order valence-corrected chi connectivity index (χ0v) is 24.6. The molecule has 2 aliphatic heterocycles. The average molecular weight is 591 g/mol. The van der Waals surface area contributed by atoms with Gasteiger partial charge in [-0.15, -0.1) is 0 Å². The van der Waals surface area contributed by atoms with Crippen molar-refractivity contribution in [3.05, 3.63) is 65.4 Å². The second-order valence-corrected chi connectivity index (χ2v) is 11.0. The molecule has 0 amide bonds. The van der Waals surface area contributed by atoms with E-state index in [1.165, 1.54) is 12.8 Å². The molecule has 0 saturated carbocycles. The van der Waals surface area contributed by atoms with Crippen molar-refractivity contribution in [2.75, 3.05) is 46.9 Å². The number of carboxylic acid groups (broad SMARTS) is 2. The molecule has 2 aromatic carbocycles. The van der Waals surface area contributed by atoms with Crippen LogP contribution in [0.5, 0.6) is 0 Å². The van der Waals surface area contributed by atoms with Crippen LogP contribution >= 0.6 is 0 Å². The van der Waals surface area contributed by atoms with E-state index in [9.17, 15) is 14.9 Å². The maximum absolute atomic E-state index is 9.55. The summed E-state index contributed by atoms with van der Waals surface area (Å²) in [5.74, 6) is -1.81. The zero-order chi connectivity index (χ0) is 30.8. The predicted molar refractivity (Wildman–Crippen MR) is 159 cm³/mol. The van der Waals surface area contributed by atoms with Crippen LogP contribution in [0.15, 0.2) is 53.1 Å². The largest absolute Gasteiger partial charge is 0.478 e. The van der Waals surface area contributed by atoms with E-state index in [1.807, 2.05) is 18.2 Å². The quantitative estimate of drug-likeness (QED) is 0.328. The highest BCUT2D eigenvalue weighted by molar-refractivity contribution is 5.90. The molecule has 11 heteroatoms. The molecule has 2 fully saturated rings. The number of piperidine rings is 1. The standard InChI is InChI=1S/C28H34N4O3.C4H4O4/c1-31(2)18-25-23(22-5-3-4-21(16-22)17-29)7-8-24-26(30-35-28(24)25)9-6-20-10-12-32(13-11-20)19-27-33-14-15-34-27;5-3(6)1-2-4(7)8/h3-5,7-8,16,20,27H,6,9-15,18-19H2,1-2H3;1-2H,(H,5,6)(H,7,8)/b;2-1+.